The molecule has 2 rings (SSSR count). The van der Waals surface area contributed by atoms with Crippen LogP contribution in [0.3, 0.4) is 0 Å². The number of hydrogen-bond acceptors (Lipinski definition) is 2. The Morgan fingerprint density at radius 3 is 2.65 bits per heavy atom. The molecule has 94 valence electrons. The summed E-state index contributed by atoms with van der Waals surface area (Å²) in [6.07, 6.45) is 3.61. The van der Waals surface area contributed by atoms with E-state index in [1.54, 1.807) is 0 Å². The first-order chi connectivity index (χ1) is 8.06. The number of hydrogen-bond donors (Lipinski definition) is 1. The molecule has 0 unspecified atom stereocenters. The SMILES string of the molecule is O=C(NCC1(CCBr)CC1)c1cc(Br)c(Br)s1. The fraction of sp³-hybridized carbons (Fsp3) is 0.545. The fourth-order valence-electron chi connectivity index (χ4n) is 1.71. The Balaban J connectivity index is 1.89. The largest absolute Gasteiger partial charge is 0.351 e. The first-order valence-corrected chi connectivity index (χ1v) is 8.88. The molecule has 1 aromatic rings. The number of thiophene rings is 1. The Labute approximate surface area is 130 Å². The molecule has 0 aliphatic heterocycles. The summed E-state index contributed by atoms with van der Waals surface area (Å²) in [7, 11) is 0. The van der Waals surface area contributed by atoms with Gasteiger partial charge in [-0.15, -0.1) is 11.3 Å². The van der Waals surface area contributed by atoms with Crippen LogP contribution in [0, 0.1) is 5.41 Å². The van der Waals surface area contributed by atoms with E-state index in [4.69, 9.17) is 0 Å². The van der Waals surface area contributed by atoms with Crippen LogP contribution in [0.4, 0.5) is 0 Å². The Hall–Kier alpha value is 0.610. The smallest absolute Gasteiger partial charge is 0.261 e. The molecule has 1 saturated carbocycles. The Kier molecular flexibility index (Phi) is 4.72. The molecule has 1 amide bonds. The van der Waals surface area contributed by atoms with Crippen LogP contribution < -0.4 is 5.32 Å². The molecule has 1 fully saturated rings. The van der Waals surface area contributed by atoms with Gasteiger partial charge in [0.2, 0.25) is 0 Å². The molecule has 1 N–H and O–H groups in total. The molecule has 1 aliphatic carbocycles. The maximum absolute atomic E-state index is 11.9. The van der Waals surface area contributed by atoms with Gasteiger partial charge in [-0.1, -0.05) is 15.9 Å². The molecule has 0 bridgehead atoms. The van der Waals surface area contributed by atoms with Crippen LogP contribution >= 0.6 is 59.1 Å². The van der Waals surface area contributed by atoms with Gasteiger partial charge in [-0.05, 0) is 62.6 Å². The quantitative estimate of drug-likeness (QED) is 0.661. The third-order valence-electron chi connectivity index (χ3n) is 3.07. The maximum atomic E-state index is 11.9. The van der Waals surface area contributed by atoms with Crippen LogP contribution in [0.15, 0.2) is 14.3 Å². The topological polar surface area (TPSA) is 29.1 Å². The van der Waals surface area contributed by atoms with Crippen LogP contribution in [0.2, 0.25) is 0 Å². The highest BCUT2D eigenvalue weighted by molar-refractivity contribution is 9.13. The minimum absolute atomic E-state index is 0.0299. The monoisotopic (exact) mass is 443 g/mol. The highest BCUT2D eigenvalue weighted by Gasteiger charge is 2.41. The van der Waals surface area contributed by atoms with Gasteiger partial charge in [-0.3, -0.25) is 4.79 Å². The zero-order chi connectivity index (χ0) is 12.5. The molecule has 1 aromatic heterocycles. The zero-order valence-electron chi connectivity index (χ0n) is 9.06. The summed E-state index contributed by atoms with van der Waals surface area (Å²) in [4.78, 5) is 12.7. The average molecular weight is 446 g/mol. The molecule has 0 aromatic carbocycles. The summed E-state index contributed by atoms with van der Waals surface area (Å²) < 4.78 is 1.90. The summed E-state index contributed by atoms with van der Waals surface area (Å²) >= 11 is 11.7. The highest BCUT2D eigenvalue weighted by atomic mass is 79.9. The number of nitrogens with one attached hydrogen (secondary N) is 1. The third kappa shape index (κ3) is 3.55. The van der Waals surface area contributed by atoms with Gasteiger partial charge in [0.05, 0.1) is 8.66 Å². The van der Waals surface area contributed by atoms with Crippen LogP contribution in [0.25, 0.3) is 0 Å². The van der Waals surface area contributed by atoms with Crippen molar-refractivity contribution in [1.82, 2.24) is 5.32 Å². The number of carbonyl (C=O) groups is 1. The average Bonchev–Trinajstić information content (AvgIpc) is 2.97. The third-order valence-corrected chi connectivity index (χ3v) is 6.73. The van der Waals surface area contributed by atoms with Gasteiger partial charge in [0.15, 0.2) is 0 Å². The van der Waals surface area contributed by atoms with Crippen molar-refractivity contribution in [2.75, 3.05) is 11.9 Å². The van der Waals surface area contributed by atoms with Crippen LogP contribution in [-0.4, -0.2) is 17.8 Å². The second-order valence-electron chi connectivity index (χ2n) is 4.35. The lowest BCUT2D eigenvalue weighted by atomic mass is 10.0. The van der Waals surface area contributed by atoms with Gasteiger partial charge >= 0.3 is 0 Å². The lowest BCUT2D eigenvalue weighted by Gasteiger charge is -2.13. The fourth-order valence-corrected chi connectivity index (χ4v) is 4.50. The lowest BCUT2D eigenvalue weighted by Crippen LogP contribution is -2.29. The van der Waals surface area contributed by atoms with E-state index in [0.717, 1.165) is 31.4 Å². The molecule has 1 heterocycles. The van der Waals surface area contributed by atoms with Gasteiger partial charge < -0.3 is 5.32 Å². The first-order valence-electron chi connectivity index (χ1n) is 5.35. The predicted molar refractivity (Wildman–Crippen MR) is 82.1 cm³/mol. The molecule has 1 aliphatic rings. The predicted octanol–water partition coefficient (Wildman–Crippen LogP) is 4.57. The first kappa shape index (κ1) is 14.0. The molecule has 2 nitrogen and oxygen atoms in total. The summed E-state index contributed by atoms with van der Waals surface area (Å²) in [5.41, 5.74) is 0.366. The van der Waals surface area contributed by atoms with Crippen LogP contribution in [0.5, 0.6) is 0 Å². The van der Waals surface area contributed by atoms with E-state index in [0.29, 0.717) is 5.41 Å². The summed E-state index contributed by atoms with van der Waals surface area (Å²) in [6.45, 7) is 0.796. The highest BCUT2D eigenvalue weighted by Crippen LogP contribution is 2.48. The van der Waals surface area contributed by atoms with Crippen molar-refractivity contribution < 1.29 is 4.79 Å². The van der Waals surface area contributed by atoms with E-state index in [2.05, 4.69) is 53.1 Å². The van der Waals surface area contributed by atoms with Crippen LogP contribution in [-0.2, 0) is 0 Å². The molecule has 0 atom stereocenters. The molecule has 0 spiro atoms. The Morgan fingerprint density at radius 1 is 1.47 bits per heavy atom. The number of amides is 1. The number of halogens is 3. The Bertz CT molecular complexity index is 409. The minimum atomic E-state index is 0.0299. The van der Waals surface area contributed by atoms with Gasteiger partial charge in [0.1, 0.15) is 0 Å². The van der Waals surface area contributed by atoms with Gasteiger partial charge in [0.25, 0.3) is 5.91 Å². The van der Waals surface area contributed by atoms with Crippen molar-refractivity contribution in [3.05, 3.63) is 19.2 Å². The van der Waals surface area contributed by atoms with Crippen molar-refractivity contribution in [3.63, 3.8) is 0 Å². The summed E-state index contributed by atoms with van der Waals surface area (Å²) in [5, 5.41) is 4.05. The summed E-state index contributed by atoms with van der Waals surface area (Å²) in [6, 6.07) is 1.86. The minimum Gasteiger partial charge on any atom is -0.351 e. The molecular formula is C11H12Br3NOS. The lowest BCUT2D eigenvalue weighted by molar-refractivity contribution is 0.0948. The number of alkyl halides is 1. The van der Waals surface area contributed by atoms with Crippen LogP contribution in [0.1, 0.15) is 28.9 Å². The van der Waals surface area contributed by atoms with Crippen molar-refractivity contribution >= 4 is 65.0 Å². The molecule has 6 heteroatoms. The normalized spacial score (nSPS) is 16.9. The van der Waals surface area contributed by atoms with Gasteiger partial charge in [-0.25, -0.2) is 0 Å². The Morgan fingerprint density at radius 2 is 2.18 bits per heavy atom. The molecule has 17 heavy (non-hydrogen) atoms. The summed E-state index contributed by atoms with van der Waals surface area (Å²) in [5.74, 6) is 0.0299. The van der Waals surface area contributed by atoms with E-state index in [1.807, 2.05) is 6.07 Å². The number of carbonyl (C=O) groups excluding carboxylic acids is 1. The van der Waals surface area contributed by atoms with Gasteiger partial charge in [0, 0.05) is 16.3 Å². The van der Waals surface area contributed by atoms with E-state index in [9.17, 15) is 4.79 Å². The van der Waals surface area contributed by atoms with E-state index < -0.39 is 0 Å². The maximum Gasteiger partial charge on any atom is 0.261 e. The second kappa shape index (κ2) is 5.72. The molecule has 0 radical (unpaired) electrons. The van der Waals surface area contributed by atoms with E-state index >= 15 is 0 Å². The second-order valence-corrected chi connectivity index (χ2v) is 8.37. The van der Waals surface area contributed by atoms with E-state index in [1.165, 1.54) is 24.2 Å². The van der Waals surface area contributed by atoms with Crippen molar-refractivity contribution in [3.8, 4) is 0 Å². The standard InChI is InChI=1S/C11H12Br3NOS/c12-4-3-11(1-2-11)6-15-10(16)8-5-7(13)9(14)17-8/h5H,1-4,6H2,(H,15,16). The zero-order valence-corrected chi connectivity index (χ0v) is 14.6. The number of rotatable bonds is 5. The van der Waals surface area contributed by atoms with Gasteiger partial charge in [-0.2, -0.15) is 0 Å². The van der Waals surface area contributed by atoms with Crippen molar-refractivity contribution in [1.29, 1.82) is 0 Å². The molecular weight excluding hydrogens is 434 g/mol. The van der Waals surface area contributed by atoms with Crippen molar-refractivity contribution in [2.45, 2.75) is 19.3 Å². The van der Waals surface area contributed by atoms with Crippen molar-refractivity contribution in [2.24, 2.45) is 5.41 Å². The molecule has 0 saturated heterocycles. The van der Waals surface area contributed by atoms with E-state index in [-0.39, 0.29) is 5.91 Å².